The van der Waals surface area contributed by atoms with Gasteiger partial charge in [-0.3, -0.25) is 14.7 Å². The molecule has 394 valence electrons. The zero-order chi connectivity index (χ0) is 56.5. The predicted octanol–water partition coefficient (Wildman–Crippen LogP) is 14.3. The van der Waals surface area contributed by atoms with Gasteiger partial charge in [-0.15, -0.1) is 0 Å². The molecule has 0 bridgehead atoms. The summed E-state index contributed by atoms with van der Waals surface area (Å²) in [7, 11) is 0. The Hall–Kier alpha value is -9.19. The van der Waals surface area contributed by atoms with Gasteiger partial charge in [0.1, 0.15) is 53.0 Å². The predicted molar refractivity (Wildman–Crippen MR) is 249 cm³/mol. The van der Waals surface area contributed by atoms with E-state index in [0.717, 1.165) is 64.0 Å². The molecule has 3 heterocycles. The SMILES string of the molecule is Cc1cc(C(F)(F)F)n(-c2ccc(C=O)cc2)n1.Cc1cc(C(F)(F)F)n[nH]1.N#CCc1cc(F)ccc1F.O=Cc1ccc(F)cc1.[C-]#[N+]/C(=C\c1ccc(-n2nc(C)cc2C(F)(F)F)cc1)c1cc(F)ccc1F. The molecule has 0 unspecified atom stereocenters. The summed E-state index contributed by atoms with van der Waals surface area (Å²) in [4.78, 5) is 23.7. The number of carbonyl (C=O) groups is 2. The molecule has 1 N–H and O–H groups in total. The van der Waals surface area contributed by atoms with E-state index in [1.807, 2.05) is 0 Å². The van der Waals surface area contributed by atoms with Gasteiger partial charge >= 0.3 is 18.5 Å². The van der Waals surface area contributed by atoms with Gasteiger partial charge in [0.25, 0.3) is 0 Å². The van der Waals surface area contributed by atoms with Crippen molar-refractivity contribution < 1.29 is 71.1 Å². The maximum atomic E-state index is 13.9. The molecule has 0 atom stereocenters. The van der Waals surface area contributed by atoms with Gasteiger partial charge in [-0.25, -0.2) is 36.2 Å². The Balaban J connectivity index is 0.000000222. The summed E-state index contributed by atoms with van der Waals surface area (Å²) in [5.41, 5.74) is -0.143. The third-order valence-electron chi connectivity index (χ3n) is 9.56. The first-order chi connectivity index (χ1) is 35.7. The maximum absolute atomic E-state index is 13.9. The van der Waals surface area contributed by atoms with Gasteiger partial charge in [0.2, 0.25) is 0 Å². The van der Waals surface area contributed by atoms with Crippen LogP contribution >= 0.6 is 0 Å². The molecule has 0 aliphatic rings. The zero-order valence-corrected chi connectivity index (χ0v) is 39.3. The Morgan fingerprint density at radius 2 is 1.03 bits per heavy atom. The number of nitrogens with zero attached hydrogens (tertiary/aromatic N) is 7. The summed E-state index contributed by atoms with van der Waals surface area (Å²) >= 11 is 0. The highest BCUT2D eigenvalue weighted by Crippen LogP contribution is 2.33. The Labute approximate surface area is 422 Å². The van der Waals surface area contributed by atoms with Crippen molar-refractivity contribution in [3.63, 3.8) is 0 Å². The molecule has 0 saturated carbocycles. The van der Waals surface area contributed by atoms with Crippen molar-refractivity contribution in [3.05, 3.63) is 230 Å². The molecule has 0 spiro atoms. The van der Waals surface area contributed by atoms with Crippen LogP contribution in [0, 0.1) is 67.8 Å². The normalized spacial score (nSPS) is 11.2. The lowest BCUT2D eigenvalue weighted by Gasteiger charge is -2.10. The summed E-state index contributed by atoms with van der Waals surface area (Å²) in [6.07, 6.45) is -10.8. The lowest BCUT2D eigenvalue weighted by molar-refractivity contribution is -0.143. The largest absolute Gasteiger partial charge is 0.435 e. The number of rotatable bonds is 7. The summed E-state index contributed by atoms with van der Waals surface area (Å²) in [6.45, 7) is 11.7. The summed E-state index contributed by atoms with van der Waals surface area (Å²) in [6, 6.07) is 27.3. The Morgan fingerprint density at radius 1 is 0.592 bits per heavy atom. The molecule has 0 fully saturated rings. The van der Waals surface area contributed by atoms with E-state index >= 15 is 0 Å². The monoisotopic (exact) mass is 1070 g/mol. The Morgan fingerprint density at radius 3 is 1.42 bits per heavy atom. The topological polar surface area (TPSA) is 127 Å². The second-order valence-corrected chi connectivity index (χ2v) is 15.4. The van der Waals surface area contributed by atoms with Crippen LogP contribution in [0.25, 0.3) is 28.0 Å². The smallest absolute Gasteiger partial charge is 0.298 e. The Bertz CT molecular complexity index is 3340. The number of aromatic nitrogens is 6. The molecule has 8 rings (SSSR count). The average molecular weight is 1070 g/mol. The van der Waals surface area contributed by atoms with Crippen LogP contribution in [0.1, 0.15) is 71.6 Å². The molecule has 5 aromatic carbocycles. The summed E-state index contributed by atoms with van der Waals surface area (Å²) in [5.74, 6) is -2.80. The van der Waals surface area contributed by atoms with Crippen molar-refractivity contribution >= 4 is 24.3 Å². The third-order valence-corrected chi connectivity index (χ3v) is 9.56. The number of nitriles is 1. The van der Waals surface area contributed by atoms with Gasteiger partial charge in [-0.1, -0.05) is 12.1 Å². The number of nitrogens with one attached hydrogen (secondary N) is 1. The van der Waals surface area contributed by atoms with Gasteiger partial charge in [0.05, 0.1) is 41.8 Å². The maximum Gasteiger partial charge on any atom is 0.435 e. The van der Waals surface area contributed by atoms with E-state index in [2.05, 4.69) is 25.2 Å². The number of aryl methyl sites for hydroxylation is 3. The molecule has 24 heteroatoms. The van der Waals surface area contributed by atoms with Crippen molar-refractivity contribution in [3.8, 4) is 17.4 Å². The summed E-state index contributed by atoms with van der Waals surface area (Å²) in [5, 5.41) is 21.1. The van der Waals surface area contributed by atoms with Gasteiger partial charge in [-0.2, -0.15) is 60.1 Å². The lowest BCUT2D eigenvalue weighted by Crippen LogP contribution is -2.13. The van der Waals surface area contributed by atoms with Crippen LogP contribution in [0.3, 0.4) is 0 Å². The van der Waals surface area contributed by atoms with Crippen LogP contribution < -0.4 is 0 Å². The molecule has 10 nitrogen and oxygen atoms in total. The van der Waals surface area contributed by atoms with Gasteiger partial charge in [0, 0.05) is 27.9 Å². The van der Waals surface area contributed by atoms with Crippen LogP contribution in [-0.2, 0) is 24.9 Å². The first-order valence-electron chi connectivity index (χ1n) is 21.3. The molecule has 8 aromatic rings. The van der Waals surface area contributed by atoms with Gasteiger partial charge in [-0.05, 0) is 148 Å². The van der Waals surface area contributed by atoms with Crippen molar-refractivity contribution in [1.82, 2.24) is 29.8 Å². The second-order valence-electron chi connectivity index (χ2n) is 15.4. The molecule has 0 radical (unpaired) electrons. The van der Waals surface area contributed by atoms with E-state index < -0.39 is 58.9 Å². The van der Waals surface area contributed by atoms with Crippen LogP contribution in [0.5, 0.6) is 0 Å². The molecule has 0 aliphatic carbocycles. The van der Waals surface area contributed by atoms with E-state index in [4.69, 9.17) is 11.8 Å². The highest BCUT2D eigenvalue weighted by atomic mass is 19.4. The fourth-order valence-corrected chi connectivity index (χ4v) is 6.09. The number of aldehydes is 2. The molecule has 3 aromatic heterocycles. The molecule has 0 aliphatic heterocycles. The number of benzene rings is 5. The highest BCUT2D eigenvalue weighted by Gasteiger charge is 2.37. The first-order valence-corrected chi connectivity index (χ1v) is 21.3. The first kappa shape index (κ1) is 59.4. The van der Waals surface area contributed by atoms with Crippen LogP contribution in [0.4, 0.5) is 61.5 Å². The molecule has 76 heavy (non-hydrogen) atoms. The zero-order valence-electron chi connectivity index (χ0n) is 39.3. The van der Waals surface area contributed by atoms with Crippen molar-refractivity contribution in [2.45, 2.75) is 45.7 Å². The Kier molecular flexibility index (Phi) is 20.4. The standard InChI is InChI=1S/C20H12F5N3.C12H9F3N2O.C8H5F2N.C7H5FO.C5H5F3N2/c1-12-9-19(20(23,24)25)28(27-12)15-6-3-13(4-7-15)10-18(26-2)16-11-14(21)5-8-17(16)22;1-8-6-11(12(13,14)15)17(16-8)10-4-2-9(7-18)3-5-10;9-7-1-2-8(10)6(5-7)3-4-11;8-7-3-1-6(5-9)2-4-7;1-3-2-4(10-9-3)5(6,7)8/h3-11H,1H3;2-7H,1H3;1-2,5H,3H2;1-5H;2H,1H3,(H,9,10)/b18-10-;;;;. The van der Waals surface area contributed by atoms with Crippen LogP contribution in [0.2, 0.25) is 0 Å². The van der Waals surface area contributed by atoms with E-state index in [0.29, 0.717) is 35.0 Å². The van der Waals surface area contributed by atoms with Gasteiger partial charge in [0.15, 0.2) is 11.4 Å². The minimum absolute atomic E-state index is 0.0937. The number of hydrogen-bond donors (Lipinski definition) is 1. The number of H-pyrrole nitrogens is 1. The van der Waals surface area contributed by atoms with E-state index in [9.17, 15) is 71.1 Å². The van der Waals surface area contributed by atoms with Gasteiger partial charge < -0.3 is 0 Å². The molecule has 0 amide bonds. The fourth-order valence-electron chi connectivity index (χ4n) is 6.09. The summed E-state index contributed by atoms with van der Waals surface area (Å²) < 4.78 is 179. The fraction of sp³-hybridized carbons (Fsp3) is 0.135. The quantitative estimate of drug-likeness (QED) is 0.0733. The van der Waals surface area contributed by atoms with Crippen LogP contribution in [-0.4, -0.2) is 42.3 Å². The molecular weight excluding hydrogens is 1030 g/mol. The van der Waals surface area contributed by atoms with Crippen molar-refractivity contribution in [2.24, 2.45) is 0 Å². The number of halogens is 14. The number of alkyl halides is 9. The lowest BCUT2D eigenvalue weighted by atomic mass is 10.1. The number of hydrogen-bond acceptors (Lipinski definition) is 6. The third kappa shape index (κ3) is 17.5. The minimum atomic E-state index is -4.56. The van der Waals surface area contributed by atoms with E-state index in [1.54, 1.807) is 6.07 Å². The van der Waals surface area contributed by atoms with Crippen molar-refractivity contribution in [2.75, 3.05) is 0 Å². The average Bonchev–Trinajstić information content (AvgIpc) is 4.12. The second kappa shape index (κ2) is 26.2. The van der Waals surface area contributed by atoms with E-state index in [-0.39, 0.29) is 51.8 Å². The molecular formula is C52H36F14N8O2. The number of carbonyl (C=O) groups excluding carboxylic acids is 2. The van der Waals surface area contributed by atoms with Crippen LogP contribution in [0.15, 0.2) is 127 Å². The number of aromatic amines is 1. The minimum Gasteiger partial charge on any atom is -0.298 e. The molecule has 0 saturated heterocycles. The van der Waals surface area contributed by atoms with E-state index in [1.165, 1.54) is 99.6 Å². The van der Waals surface area contributed by atoms with Crippen molar-refractivity contribution in [1.29, 1.82) is 5.26 Å². The highest BCUT2D eigenvalue weighted by molar-refractivity contribution is 5.85.